The average molecular weight is 253 g/mol. The molecule has 0 radical (unpaired) electrons. The van der Waals surface area contributed by atoms with Crippen LogP contribution in [0.15, 0.2) is 23.6 Å². The smallest absolute Gasteiger partial charge is 0.247 e. The van der Waals surface area contributed by atoms with Gasteiger partial charge in [0.2, 0.25) is 6.43 Å². The molecule has 90 valence electrons. The molecule has 2 rings (SSSR count). The van der Waals surface area contributed by atoms with Crippen molar-refractivity contribution >= 4 is 11.6 Å². The van der Waals surface area contributed by atoms with Crippen molar-refractivity contribution in [3.63, 3.8) is 0 Å². The predicted octanol–water partition coefficient (Wildman–Crippen LogP) is 3.04. The Hall–Kier alpha value is -0.480. The molecule has 5 heteroatoms. The zero-order chi connectivity index (χ0) is 11.9. The molecule has 0 heterocycles. The van der Waals surface area contributed by atoms with Crippen LogP contribution in [0.25, 0.3) is 0 Å². The molecule has 0 aliphatic heterocycles. The van der Waals surface area contributed by atoms with Crippen LogP contribution in [0.2, 0.25) is 0 Å². The van der Waals surface area contributed by atoms with Gasteiger partial charge in [0.1, 0.15) is 5.83 Å². The zero-order valence-electron chi connectivity index (χ0n) is 8.47. The predicted molar refractivity (Wildman–Crippen MR) is 55.2 cm³/mol. The largest absolute Gasteiger partial charge is 0.396 e. The van der Waals surface area contributed by atoms with E-state index < -0.39 is 35.6 Å². The summed E-state index contributed by atoms with van der Waals surface area (Å²) in [6.45, 7) is -0.407. The second-order valence-electron chi connectivity index (χ2n) is 4.32. The number of aliphatic hydroxyl groups is 1. The van der Waals surface area contributed by atoms with Gasteiger partial charge in [-0.25, -0.2) is 13.2 Å². The molecule has 0 aromatic carbocycles. The van der Waals surface area contributed by atoms with Gasteiger partial charge < -0.3 is 5.11 Å². The van der Waals surface area contributed by atoms with Gasteiger partial charge in [-0.3, -0.25) is 0 Å². The van der Waals surface area contributed by atoms with Crippen molar-refractivity contribution in [2.45, 2.75) is 24.6 Å². The molecule has 1 N–H and O–H groups in total. The summed E-state index contributed by atoms with van der Waals surface area (Å²) in [7, 11) is 0. The summed E-state index contributed by atoms with van der Waals surface area (Å²) in [5.41, 5.74) is -0.774. The van der Waals surface area contributed by atoms with E-state index >= 15 is 0 Å². The van der Waals surface area contributed by atoms with Crippen molar-refractivity contribution in [1.29, 1.82) is 0 Å². The van der Waals surface area contributed by atoms with Crippen molar-refractivity contribution < 1.29 is 18.3 Å². The molecule has 0 amide bonds. The lowest BCUT2D eigenvalue weighted by Gasteiger charge is -2.30. The summed E-state index contributed by atoms with van der Waals surface area (Å²) < 4.78 is 39.0. The van der Waals surface area contributed by atoms with Crippen LogP contribution in [-0.2, 0) is 0 Å². The van der Waals surface area contributed by atoms with Gasteiger partial charge in [-0.15, -0.1) is 11.6 Å². The third-order valence-corrected chi connectivity index (χ3v) is 3.93. The van der Waals surface area contributed by atoms with E-state index in [1.165, 1.54) is 6.08 Å². The van der Waals surface area contributed by atoms with Crippen molar-refractivity contribution in [3.05, 3.63) is 23.6 Å². The second-order valence-corrected chi connectivity index (χ2v) is 4.79. The molecule has 1 saturated carbocycles. The first-order chi connectivity index (χ1) is 7.53. The van der Waals surface area contributed by atoms with Crippen molar-refractivity contribution in [3.8, 4) is 0 Å². The van der Waals surface area contributed by atoms with E-state index in [0.717, 1.165) is 6.08 Å². The van der Waals surface area contributed by atoms with E-state index in [9.17, 15) is 13.2 Å². The van der Waals surface area contributed by atoms with Crippen LogP contribution in [0, 0.1) is 11.3 Å². The Kier molecular flexibility index (Phi) is 3.05. The normalized spacial score (nSPS) is 32.4. The fourth-order valence-electron chi connectivity index (χ4n) is 2.23. The molecule has 2 aliphatic carbocycles. The summed E-state index contributed by atoms with van der Waals surface area (Å²) in [6, 6.07) is 0. The fourth-order valence-corrected chi connectivity index (χ4v) is 2.52. The van der Waals surface area contributed by atoms with Crippen LogP contribution in [0.5, 0.6) is 0 Å². The van der Waals surface area contributed by atoms with Gasteiger partial charge in [-0.1, -0.05) is 11.6 Å². The van der Waals surface area contributed by atoms with Crippen LogP contribution < -0.4 is 0 Å². The minimum Gasteiger partial charge on any atom is -0.396 e. The highest BCUT2D eigenvalue weighted by molar-refractivity contribution is 6.22. The lowest BCUT2D eigenvalue weighted by Crippen LogP contribution is -2.31. The van der Waals surface area contributed by atoms with E-state index in [-0.39, 0.29) is 0 Å². The summed E-state index contributed by atoms with van der Waals surface area (Å²) in [4.78, 5) is 0. The van der Waals surface area contributed by atoms with Crippen LogP contribution >= 0.6 is 11.6 Å². The number of allylic oxidation sites excluding steroid dienone is 3. The molecule has 0 aromatic rings. The number of hydrogen-bond acceptors (Lipinski definition) is 1. The van der Waals surface area contributed by atoms with E-state index in [1.54, 1.807) is 0 Å². The minimum atomic E-state index is -2.48. The Bertz CT molecular complexity index is 347. The molecule has 2 aliphatic rings. The lowest BCUT2D eigenvalue weighted by atomic mass is 9.80. The molecule has 0 bridgehead atoms. The molecule has 16 heavy (non-hydrogen) atoms. The topological polar surface area (TPSA) is 20.2 Å². The number of alkyl halides is 3. The first kappa shape index (κ1) is 12.0. The zero-order valence-corrected chi connectivity index (χ0v) is 9.22. The fraction of sp³-hybridized carbons (Fsp3) is 0.636. The number of hydrogen-bond donors (Lipinski definition) is 1. The van der Waals surface area contributed by atoms with Crippen LogP contribution in [-0.4, -0.2) is 23.5 Å². The van der Waals surface area contributed by atoms with Gasteiger partial charge in [0.05, 0.1) is 17.4 Å². The Morgan fingerprint density at radius 3 is 2.50 bits per heavy atom. The second kappa shape index (κ2) is 4.08. The number of rotatable bonds is 3. The Balaban J connectivity index is 2.33. The first-order valence-electron chi connectivity index (χ1n) is 5.14. The van der Waals surface area contributed by atoms with E-state index in [1.807, 2.05) is 0 Å². The minimum absolute atomic E-state index is 0.381. The SMILES string of the molecule is OCC1C(C2(C(F)F)CC2)=CC=C(F)C1Cl. The van der Waals surface area contributed by atoms with Crippen LogP contribution in [0.1, 0.15) is 12.8 Å². The third-order valence-electron chi connectivity index (χ3n) is 3.42. The number of aliphatic hydroxyl groups excluding tert-OH is 1. The van der Waals surface area contributed by atoms with Crippen LogP contribution in [0.4, 0.5) is 13.2 Å². The molecule has 0 aromatic heterocycles. The van der Waals surface area contributed by atoms with Gasteiger partial charge in [-0.2, -0.15) is 0 Å². The summed E-state index contributed by atoms with van der Waals surface area (Å²) >= 11 is 5.78. The van der Waals surface area contributed by atoms with Crippen molar-refractivity contribution in [1.82, 2.24) is 0 Å². The van der Waals surface area contributed by atoms with Crippen molar-refractivity contribution in [2.24, 2.45) is 11.3 Å². The van der Waals surface area contributed by atoms with E-state index in [4.69, 9.17) is 16.7 Å². The standard InChI is InChI=1S/C11H12ClF3O/c12-9-6(5-16)7(1-2-8(9)13)11(3-4-11)10(14)15/h1-2,6,9-10,16H,3-5H2. The first-order valence-corrected chi connectivity index (χ1v) is 5.57. The lowest BCUT2D eigenvalue weighted by molar-refractivity contribution is 0.0711. The molecule has 0 spiro atoms. The van der Waals surface area contributed by atoms with Crippen LogP contribution in [0.3, 0.4) is 0 Å². The van der Waals surface area contributed by atoms with Gasteiger partial charge in [0, 0.05) is 5.92 Å². The average Bonchev–Trinajstić information content (AvgIpc) is 3.02. The molecular weight excluding hydrogens is 241 g/mol. The summed E-state index contributed by atoms with van der Waals surface area (Å²) in [6.07, 6.45) is 0.764. The Morgan fingerprint density at radius 1 is 1.44 bits per heavy atom. The maximum absolute atomic E-state index is 13.2. The molecule has 2 atom stereocenters. The molecular formula is C11H12ClF3O. The summed E-state index contributed by atoms with van der Waals surface area (Å²) in [5, 5.41) is 8.13. The highest BCUT2D eigenvalue weighted by atomic mass is 35.5. The molecule has 2 unspecified atom stereocenters. The maximum Gasteiger partial charge on any atom is 0.247 e. The molecule has 1 fully saturated rings. The van der Waals surface area contributed by atoms with Crippen molar-refractivity contribution in [2.75, 3.05) is 6.61 Å². The van der Waals surface area contributed by atoms with Gasteiger partial charge >= 0.3 is 0 Å². The highest BCUT2D eigenvalue weighted by Gasteiger charge is 2.56. The van der Waals surface area contributed by atoms with Gasteiger partial charge in [0.25, 0.3) is 0 Å². The molecule has 1 nitrogen and oxygen atoms in total. The highest BCUT2D eigenvalue weighted by Crippen LogP contribution is 2.59. The van der Waals surface area contributed by atoms with Gasteiger partial charge in [-0.05, 0) is 18.9 Å². The van der Waals surface area contributed by atoms with E-state index in [0.29, 0.717) is 18.4 Å². The maximum atomic E-state index is 13.2. The molecule has 0 saturated heterocycles. The third kappa shape index (κ3) is 1.68. The summed E-state index contributed by atoms with van der Waals surface area (Å²) in [5.74, 6) is -1.31. The Morgan fingerprint density at radius 2 is 2.06 bits per heavy atom. The monoisotopic (exact) mass is 252 g/mol. The Labute approximate surface area is 96.6 Å². The quantitative estimate of drug-likeness (QED) is 0.766. The number of halogens is 4. The van der Waals surface area contributed by atoms with E-state index in [2.05, 4.69) is 0 Å². The van der Waals surface area contributed by atoms with Gasteiger partial charge in [0.15, 0.2) is 0 Å².